The zero-order valence-electron chi connectivity index (χ0n) is 12.4. The van der Waals surface area contributed by atoms with Crippen LogP contribution in [0.5, 0.6) is 0 Å². The summed E-state index contributed by atoms with van der Waals surface area (Å²) in [6.07, 6.45) is 6.39. The van der Waals surface area contributed by atoms with E-state index in [1.165, 1.54) is 35.1 Å². The van der Waals surface area contributed by atoms with Crippen molar-refractivity contribution in [2.24, 2.45) is 5.92 Å². The molecule has 116 valence electrons. The van der Waals surface area contributed by atoms with Crippen molar-refractivity contribution in [1.82, 2.24) is 0 Å². The predicted molar refractivity (Wildman–Crippen MR) is 98.6 cm³/mol. The summed E-state index contributed by atoms with van der Waals surface area (Å²) in [4.78, 5) is 0. The second kappa shape index (κ2) is 7.45. The Balaban J connectivity index is 0.00000200. The zero-order valence-corrected chi connectivity index (χ0v) is 12.4. The average molecular weight is 284 g/mol. The number of hydrogen-bond acceptors (Lipinski definition) is 0. The van der Waals surface area contributed by atoms with Crippen LogP contribution >= 0.6 is 0 Å². The Morgan fingerprint density at radius 2 is 1.71 bits per heavy atom. The largest absolute Gasteiger partial charge is 0.0987 e. The summed E-state index contributed by atoms with van der Waals surface area (Å²) in [5.74, 6) is 0.555. The summed E-state index contributed by atoms with van der Waals surface area (Å²) in [6.45, 7) is 15.0. The van der Waals surface area contributed by atoms with Gasteiger partial charge in [-0.05, 0) is 34.6 Å². The summed E-state index contributed by atoms with van der Waals surface area (Å²) in [5, 5.41) is 0. The van der Waals surface area contributed by atoms with Crippen LogP contribution in [0.1, 0.15) is 59.6 Å². The third-order valence-corrected chi connectivity index (χ3v) is 4.51. The van der Waals surface area contributed by atoms with Gasteiger partial charge in [-0.15, -0.1) is 0 Å². The molecule has 0 spiro atoms. The third-order valence-electron chi connectivity index (χ3n) is 4.51. The van der Waals surface area contributed by atoms with E-state index in [2.05, 4.69) is 58.2 Å². The minimum atomic E-state index is 0. The molecule has 0 fully saturated rings. The molecule has 1 aromatic carbocycles. The minimum Gasteiger partial charge on any atom is -0.0987 e. The van der Waals surface area contributed by atoms with E-state index in [4.69, 9.17) is 0 Å². The van der Waals surface area contributed by atoms with Gasteiger partial charge in [-0.3, -0.25) is 0 Å². The van der Waals surface area contributed by atoms with E-state index in [1.54, 1.807) is 0 Å². The number of fused-ring (bicyclic) bond motifs is 1. The van der Waals surface area contributed by atoms with Gasteiger partial charge >= 0.3 is 0 Å². The van der Waals surface area contributed by atoms with E-state index < -0.39 is 0 Å². The van der Waals surface area contributed by atoms with Crippen LogP contribution in [0.4, 0.5) is 0 Å². The molecule has 1 aliphatic rings. The summed E-state index contributed by atoms with van der Waals surface area (Å²) >= 11 is 0. The number of hydrogen-bond donors (Lipinski definition) is 0. The number of benzene rings is 1. The van der Waals surface area contributed by atoms with Gasteiger partial charge in [0.05, 0.1) is 0 Å². The Morgan fingerprint density at radius 1 is 1.10 bits per heavy atom. The number of allylic oxidation sites excluding steroid dienone is 4. The summed E-state index contributed by atoms with van der Waals surface area (Å²) in [5.41, 5.74) is 5.54. The monoisotopic (exact) mass is 284 g/mol. The van der Waals surface area contributed by atoms with Gasteiger partial charge in [0, 0.05) is 5.41 Å². The van der Waals surface area contributed by atoms with Crippen LogP contribution in [-0.2, 0) is 5.41 Å². The van der Waals surface area contributed by atoms with E-state index in [1.807, 2.05) is 12.2 Å². The van der Waals surface area contributed by atoms with Crippen molar-refractivity contribution in [3.63, 3.8) is 0 Å². The highest BCUT2D eigenvalue weighted by atomic mass is 14.5. The van der Waals surface area contributed by atoms with Crippen molar-refractivity contribution >= 4 is 5.57 Å². The highest BCUT2D eigenvalue weighted by Gasteiger charge is 2.44. The fraction of sp³-hybridized carbons (Fsp3) is 0.429. The standard InChI is InChI=1S/C19H24.2CH4/c1-6-13-19(14(4)5)17(8-3)15(7-2)16-11-9-10-12-18(16)19;;/h7-12,14H,2-3,6,13H2,1,4-5H3;2*1H4. The molecule has 1 unspecified atom stereocenters. The van der Waals surface area contributed by atoms with Crippen molar-refractivity contribution in [2.75, 3.05) is 0 Å². The van der Waals surface area contributed by atoms with Crippen molar-refractivity contribution in [3.05, 3.63) is 66.3 Å². The highest BCUT2D eigenvalue weighted by Crippen LogP contribution is 2.53. The third kappa shape index (κ3) is 2.64. The van der Waals surface area contributed by atoms with Crippen molar-refractivity contribution in [3.8, 4) is 0 Å². The van der Waals surface area contributed by atoms with E-state index in [0.29, 0.717) is 5.92 Å². The Morgan fingerprint density at radius 3 is 2.19 bits per heavy atom. The maximum atomic E-state index is 4.08. The molecule has 0 aliphatic heterocycles. The fourth-order valence-electron chi connectivity index (χ4n) is 3.72. The van der Waals surface area contributed by atoms with E-state index in [0.717, 1.165) is 0 Å². The van der Waals surface area contributed by atoms with Crippen LogP contribution in [-0.4, -0.2) is 0 Å². The predicted octanol–water partition coefficient (Wildman–Crippen LogP) is 6.79. The molecule has 1 aliphatic carbocycles. The van der Waals surface area contributed by atoms with Crippen LogP contribution in [0.3, 0.4) is 0 Å². The Labute approximate surface area is 132 Å². The van der Waals surface area contributed by atoms with Crippen molar-refractivity contribution < 1.29 is 0 Å². The quantitative estimate of drug-likeness (QED) is 0.558. The maximum Gasteiger partial charge on any atom is 0.0237 e. The van der Waals surface area contributed by atoms with Crippen molar-refractivity contribution in [2.45, 2.75) is 53.9 Å². The Kier molecular flexibility index (Phi) is 6.90. The van der Waals surface area contributed by atoms with Crippen molar-refractivity contribution in [1.29, 1.82) is 0 Å². The van der Waals surface area contributed by atoms with Gasteiger partial charge < -0.3 is 0 Å². The van der Waals surface area contributed by atoms with Gasteiger partial charge in [0.2, 0.25) is 0 Å². The molecule has 0 nitrogen and oxygen atoms in total. The molecule has 0 amide bonds. The maximum absolute atomic E-state index is 4.08. The first kappa shape index (κ1) is 19.4. The van der Waals surface area contributed by atoms with E-state index in [-0.39, 0.29) is 20.3 Å². The highest BCUT2D eigenvalue weighted by molar-refractivity contribution is 5.87. The second-order valence-corrected chi connectivity index (χ2v) is 5.66. The van der Waals surface area contributed by atoms with Gasteiger partial charge in [-0.25, -0.2) is 0 Å². The van der Waals surface area contributed by atoms with Gasteiger partial charge in [-0.1, -0.05) is 91.6 Å². The van der Waals surface area contributed by atoms with Gasteiger partial charge in [0.15, 0.2) is 0 Å². The Hall–Kier alpha value is -1.56. The molecule has 0 radical (unpaired) electrons. The molecule has 0 bridgehead atoms. The summed E-state index contributed by atoms with van der Waals surface area (Å²) < 4.78 is 0. The topological polar surface area (TPSA) is 0 Å². The molecular formula is C21H32. The molecule has 0 saturated heterocycles. The minimum absolute atomic E-state index is 0. The first-order valence-electron chi connectivity index (χ1n) is 7.23. The molecule has 0 N–H and O–H groups in total. The lowest BCUT2D eigenvalue weighted by Gasteiger charge is -2.37. The average Bonchev–Trinajstić information content (AvgIpc) is 2.70. The summed E-state index contributed by atoms with van der Waals surface area (Å²) in [7, 11) is 0. The van der Waals surface area contributed by atoms with Gasteiger partial charge in [0.25, 0.3) is 0 Å². The lowest BCUT2D eigenvalue weighted by atomic mass is 9.66. The van der Waals surface area contributed by atoms with E-state index >= 15 is 0 Å². The van der Waals surface area contributed by atoms with Crippen LogP contribution in [0.15, 0.2) is 55.1 Å². The summed E-state index contributed by atoms with van der Waals surface area (Å²) in [6, 6.07) is 8.77. The van der Waals surface area contributed by atoms with Crippen LogP contribution in [0.2, 0.25) is 0 Å². The second-order valence-electron chi connectivity index (χ2n) is 5.66. The molecule has 2 rings (SSSR count). The first-order valence-corrected chi connectivity index (χ1v) is 7.23. The smallest absolute Gasteiger partial charge is 0.0237 e. The normalized spacial score (nSPS) is 19.6. The fourth-order valence-corrected chi connectivity index (χ4v) is 3.72. The van der Waals surface area contributed by atoms with E-state index in [9.17, 15) is 0 Å². The number of rotatable bonds is 5. The molecular weight excluding hydrogens is 252 g/mol. The first-order chi connectivity index (χ1) is 9.13. The zero-order chi connectivity index (χ0) is 14.0. The lowest BCUT2D eigenvalue weighted by molar-refractivity contribution is 0.347. The van der Waals surface area contributed by atoms with Gasteiger partial charge in [-0.2, -0.15) is 0 Å². The Bertz CT molecular complexity index is 531. The lowest BCUT2D eigenvalue weighted by Crippen LogP contribution is -2.32. The molecule has 0 aromatic heterocycles. The van der Waals surface area contributed by atoms with Crippen LogP contribution in [0, 0.1) is 5.92 Å². The molecule has 1 aromatic rings. The van der Waals surface area contributed by atoms with Gasteiger partial charge in [0.1, 0.15) is 0 Å². The van der Waals surface area contributed by atoms with Crippen LogP contribution in [0.25, 0.3) is 5.57 Å². The molecule has 0 saturated carbocycles. The van der Waals surface area contributed by atoms with Crippen LogP contribution < -0.4 is 0 Å². The SMILES string of the molecule is C.C.C=CC1=C(C=C)C(CCC)(C(C)C)c2ccccc21. The molecule has 0 heteroatoms. The molecule has 0 heterocycles. The molecule has 1 atom stereocenters. The molecule has 21 heavy (non-hydrogen) atoms.